The van der Waals surface area contributed by atoms with Gasteiger partial charge in [-0.25, -0.2) is 4.98 Å². The summed E-state index contributed by atoms with van der Waals surface area (Å²) >= 11 is 5.02. The molecule has 2 rings (SSSR count). The molecule has 1 fully saturated rings. The number of rotatable bonds is 2. The third kappa shape index (κ3) is 1.27. The van der Waals surface area contributed by atoms with E-state index in [4.69, 9.17) is 0 Å². The van der Waals surface area contributed by atoms with Crippen molar-refractivity contribution < 1.29 is 5.11 Å². The molecule has 0 aromatic carbocycles. The van der Waals surface area contributed by atoms with E-state index >= 15 is 0 Å². The number of hydrogen-bond donors (Lipinski definition) is 1. The van der Waals surface area contributed by atoms with Gasteiger partial charge in [-0.3, -0.25) is 0 Å². The van der Waals surface area contributed by atoms with Crippen LogP contribution in [0.5, 0.6) is 0 Å². The quantitative estimate of drug-likeness (QED) is 0.888. The fourth-order valence-electron chi connectivity index (χ4n) is 1.89. The van der Waals surface area contributed by atoms with E-state index in [0.717, 1.165) is 15.2 Å². The molecule has 0 aliphatic heterocycles. The molecule has 0 saturated heterocycles. The largest absolute Gasteiger partial charge is 0.395 e. The molecule has 1 aromatic heterocycles. The highest BCUT2D eigenvalue weighted by Gasteiger charge is 2.63. The van der Waals surface area contributed by atoms with Crippen LogP contribution in [-0.2, 0) is 5.41 Å². The molecular weight excluding hydrogens is 250 g/mol. The maximum atomic E-state index is 9.41. The molecule has 1 atom stereocenters. The van der Waals surface area contributed by atoms with Crippen LogP contribution in [-0.4, -0.2) is 16.7 Å². The van der Waals surface area contributed by atoms with Crippen molar-refractivity contribution in [2.45, 2.75) is 25.7 Å². The van der Waals surface area contributed by atoms with Crippen molar-refractivity contribution in [1.82, 2.24) is 4.98 Å². The third-order valence-electron chi connectivity index (χ3n) is 3.07. The lowest BCUT2D eigenvalue weighted by Gasteiger charge is -2.13. The summed E-state index contributed by atoms with van der Waals surface area (Å²) in [6.07, 6.45) is 2.85. The van der Waals surface area contributed by atoms with Gasteiger partial charge in [-0.05, 0) is 27.8 Å². The van der Waals surface area contributed by atoms with Gasteiger partial charge in [0.1, 0.15) is 5.01 Å². The number of aliphatic hydroxyl groups is 1. The Balaban J connectivity index is 2.35. The summed E-state index contributed by atoms with van der Waals surface area (Å²) in [4.78, 5) is 4.33. The van der Waals surface area contributed by atoms with Gasteiger partial charge in [-0.15, -0.1) is 11.3 Å². The van der Waals surface area contributed by atoms with Gasteiger partial charge in [0.05, 0.1) is 22.0 Å². The van der Waals surface area contributed by atoms with Crippen molar-refractivity contribution in [3.63, 3.8) is 0 Å². The smallest absolute Gasteiger partial charge is 0.103 e. The summed E-state index contributed by atoms with van der Waals surface area (Å²) in [7, 11) is 0. The fourth-order valence-corrected chi connectivity index (χ4v) is 3.45. The number of aliphatic hydroxyl groups excluding tert-OH is 1. The van der Waals surface area contributed by atoms with Crippen LogP contribution >= 0.6 is 27.3 Å². The molecule has 0 bridgehead atoms. The van der Waals surface area contributed by atoms with Gasteiger partial charge in [0.2, 0.25) is 0 Å². The molecule has 0 amide bonds. The lowest BCUT2D eigenvalue weighted by molar-refractivity contribution is 0.231. The summed E-state index contributed by atoms with van der Waals surface area (Å²) in [6.45, 7) is 4.57. The monoisotopic (exact) mass is 261 g/mol. The minimum absolute atomic E-state index is 0.0658. The zero-order chi connectivity index (χ0) is 9.69. The van der Waals surface area contributed by atoms with Crippen molar-refractivity contribution in [3.05, 3.63) is 15.0 Å². The molecule has 1 N–H and O–H groups in total. The highest BCUT2D eigenvalue weighted by Crippen LogP contribution is 2.64. The summed E-state index contributed by atoms with van der Waals surface area (Å²) in [6, 6.07) is 0. The minimum atomic E-state index is -0.0658. The number of thiazole rings is 1. The molecule has 1 saturated carbocycles. The van der Waals surface area contributed by atoms with Crippen molar-refractivity contribution in [1.29, 1.82) is 0 Å². The van der Waals surface area contributed by atoms with Crippen molar-refractivity contribution >= 4 is 27.3 Å². The molecule has 1 aliphatic carbocycles. The molecule has 4 heteroatoms. The Hall–Kier alpha value is 0.0700. The van der Waals surface area contributed by atoms with E-state index in [-0.39, 0.29) is 17.4 Å². The Labute approximate surface area is 90.1 Å². The van der Waals surface area contributed by atoms with E-state index in [1.54, 1.807) is 11.3 Å². The first kappa shape index (κ1) is 9.62. The second-order valence-corrected chi connectivity index (χ2v) is 6.68. The predicted molar refractivity (Wildman–Crippen MR) is 57.0 cm³/mol. The van der Waals surface area contributed by atoms with E-state index in [1.807, 2.05) is 6.20 Å². The van der Waals surface area contributed by atoms with Crippen LogP contribution < -0.4 is 0 Å². The van der Waals surface area contributed by atoms with E-state index in [0.29, 0.717) is 0 Å². The summed E-state index contributed by atoms with van der Waals surface area (Å²) in [5.74, 6) is 0. The van der Waals surface area contributed by atoms with Crippen LogP contribution in [0.2, 0.25) is 0 Å². The zero-order valence-electron chi connectivity index (χ0n) is 7.67. The predicted octanol–water partition coefficient (Wildman–Crippen LogP) is 2.57. The summed E-state index contributed by atoms with van der Waals surface area (Å²) in [5, 5.41) is 10.5. The maximum Gasteiger partial charge on any atom is 0.103 e. The molecule has 1 heterocycles. The van der Waals surface area contributed by atoms with Crippen LogP contribution in [0.25, 0.3) is 0 Å². The van der Waals surface area contributed by atoms with Crippen LogP contribution in [0.15, 0.2) is 9.98 Å². The Morgan fingerprint density at radius 3 is 2.62 bits per heavy atom. The van der Waals surface area contributed by atoms with Crippen LogP contribution in [0, 0.1) is 5.41 Å². The fraction of sp³-hybridized carbons (Fsp3) is 0.667. The summed E-state index contributed by atoms with van der Waals surface area (Å²) < 4.78 is 1.04. The molecule has 1 aromatic rings. The average Bonchev–Trinajstić information content (AvgIpc) is 2.43. The first-order chi connectivity index (χ1) is 6.02. The van der Waals surface area contributed by atoms with Gasteiger partial charge in [0.25, 0.3) is 0 Å². The van der Waals surface area contributed by atoms with Gasteiger partial charge < -0.3 is 5.11 Å². The van der Waals surface area contributed by atoms with Gasteiger partial charge >= 0.3 is 0 Å². The molecule has 1 unspecified atom stereocenters. The molecular formula is C9H12BrNOS. The molecule has 2 nitrogen and oxygen atoms in total. The van der Waals surface area contributed by atoms with Gasteiger partial charge in [-0.2, -0.15) is 0 Å². The molecule has 1 aliphatic rings. The summed E-state index contributed by atoms with van der Waals surface area (Å²) in [5.41, 5.74) is 0.142. The van der Waals surface area contributed by atoms with Crippen LogP contribution in [0.1, 0.15) is 25.3 Å². The molecule has 13 heavy (non-hydrogen) atoms. The molecule has 0 spiro atoms. The minimum Gasteiger partial charge on any atom is -0.395 e. The lowest BCUT2D eigenvalue weighted by atomic mass is 9.98. The first-order valence-corrected chi connectivity index (χ1v) is 5.85. The number of nitrogens with zero attached hydrogens (tertiary/aromatic N) is 1. The highest BCUT2D eigenvalue weighted by atomic mass is 79.9. The number of hydrogen-bond acceptors (Lipinski definition) is 3. The van der Waals surface area contributed by atoms with Gasteiger partial charge in [0, 0.05) is 0 Å². The molecule has 72 valence electrons. The Kier molecular flexibility index (Phi) is 2.06. The third-order valence-corrected chi connectivity index (χ3v) is 4.75. The lowest BCUT2D eigenvalue weighted by Crippen LogP contribution is -2.18. The van der Waals surface area contributed by atoms with E-state index in [2.05, 4.69) is 34.8 Å². The number of aromatic nitrogens is 1. The second-order valence-electron chi connectivity index (χ2n) is 4.27. The Bertz CT molecular complexity index is 336. The molecule has 0 radical (unpaired) electrons. The second kappa shape index (κ2) is 2.78. The van der Waals surface area contributed by atoms with E-state index < -0.39 is 0 Å². The first-order valence-electron chi connectivity index (χ1n) is 4.24. The average molecular weight is 262 g/mol. The van der Waals surface area contributed by atoms with E-state index in [9.17, 15) is 5.11 Å². The highest BCUT2D eigenvalue weighted by molar-refractivity contribution is 9.11. The SMILES string of the molecule is CC1(C)CC1(CO)c1ncc(Br)s1. The Morgan fingerprint density at radius 2 is 2.31 bits per heavy atom. The van der Waals surface area contributed by atoms with E-state index in [1.165, 1.54) is 0 Å². The normalized spacial score (nSPS) is 30.5. The number of halogens is 1. The maximum absolute atomic E-state index is 9.41. The topological polar surface area (TPSA) is 33.1 Å². The van der Waals surface area contributed by atoms with Crippen LogP contribution in [0.3, 0.4) is 0 Å². The standard InChI is InChI=1S/C9H12BrNOS/c1-8(2)4-9(8,5-12)7-11-3-6(10)13-7/h3,12H,4-5H2,1-2H3. The van der Waals surface area contributed by atoms with Crippen LogP contribution in [0.4, 0.5) is 0 Å². The van der Waals surface area contributed by atoms with Gasteiger partial charge in [-0.1, -0.05) is 13.8 Å². The Morgan fingerprint density at radius 1 is 1.69 bits per heavy atom. The zero-order valence-corrected chi connectivity index (χ0v) is 10.1. The van der Waals surface area contributed by atoms with Gasteiger partial charge in [0.15, 0.2) is 0 Å². The van der Waals surface area contributed by atoms with Crippen molar-refractivity contribution in [2.75, 3.05) is 6.61 Å². The van der Waals surface area contributed by atoms with Crippen molar-refractivity contribution in [3.8, 4) is 0 Å². The van der Waals surface area contributed by atoms with Crippen molar-refractivity contribution in [2.24, 2.45) is 5.41 Å².